The molecule has 0 aliphatic carbocycles. The Morgan fingerprint density at radius 1 is 0.968 bits per heavy atom. The Balaban J connectivity index is 2.01. The van der Waals surface area contributed by atoms with Crippen LogP contribution >= 0.6 is 0 Å². The van der Waals surface area contributed by atoms with Gasteiger partial charge >= 0.3 is 22.2 Å². The molecule has 0 radical (unpaired) electrons. The zero-order chi connectivity index (χ0) is 22.9. The summed E-state index contributed by atoms with van der Waals surface area (Å²) in [7, 11) is -3.62. The highest BCUT2D eigenvalue weighted by Crippen LogP contribution is 2.16. The molecule has 0 aromatic heterocycles. The Morgan fingerprint density at radius 3 is 2.19 bits per heavy atom. The molecule has 0 bridgehead atoms. The van der Waals surface area contributed by atoms with Crippen LogP contribution in [0.4, 0.5) is 4.79 Å². The lowest BCUT2D eigenvalue weighted by Gasteiger charge is -2.19. The van der Waals surface area contributed by atoms with E-state index in [-0.39, 0.29) is 24.9 Å². The molecule has 1 amide bonds. The molecule has 1 atom stereocenters. The van der Waals surface area contributed by atoms with Crippen molar-refractivity contribution in [2.75, 3.05) is 6.26 Å². The van der Waals surface area contributed by atoms with Crippen LogP contribution in [0.3, 0.4) is 0 Å². The molecule has 0 heterocycles. The quantitative estimate of drug-likeness (QED) is 0.438. The third-order valence-electron chi connectivity index (χ3n) is 3.97. The van der Waals surface area contributed by atoms with Gasteiger partial charge in [-0.3, -0.25) is 4.79 Å². The molecule has 1 unspecified atom stereocenters. The summed E-state index contributed by atoms with van der Waals surface area (Å²) < 4.78 is 37.7. The average molecular weight is 450 g/mol. The third-order valence-corrected chi connectivity index (χ3v) is 4.46. The summed E-state index contributed by atoms with van der Waals surface area (Å²) in [6.07, 6.45) is 0.309. The fourth-order valence-corrected chi connectivity index (χ4v) is 3.22. The predicted octanol–water partition coefficient (Wildman–Crippen LogP) is 3.20. The van der Waals surface area contributed by atoms with Gasteiger partial charge in [0.15, 0.2) is 0 Å². The zero-order valence-corrected chi connectivity index (χ0v) is 18.6. The molecule has 0 aliphatic heterocycles. The number of hydrogen-bond donors (Lipinski definition) is 1. The van der Waals surface area contributed by atoms with E-state index in [1.807, 2.05) is 30.3 Å². The predicted molar refractivity (Wildman–Crippen MR) is 115 cm³/mol. The summed E-state index contributed by atoms with van der Waals surface area (Å²) in [6, 6.07) is 15.0. The molecule has 0 saturated carbocycles. The minimum absolute atomic E-state index is 0.0415. The summed E-state index contributed by atoms with van der Waals surface area (Å²) in [4.78, 5) is 24.4. The Hall–Kier alpha value is -3.07. The molecule has 0 saturated heterocycles. The minimum atomic E-state index is -3.62. The first-order valence-electron chi connectivity index (χ1n) is 9.76. The van der Waals surface area contributed by atoms with Crippen molar-refractivity contribution in [1.29, 1.82) is 0 Å². The van der Waals surface area contributed by atoms with Crippen LogP contribution in [0.5, 0.6) is 5.75 Å². The lowest BCUT2D eigenvalue weighted by molar-refractivity contribution is -0.147. The smallest absolute Gasteiger partial charge is 0.407 e. The van der Waals surface area contributed by atoms with Gasteiger partial charge in [-0.15, -0.1) is 0 Å². The van der Waals surface area contributed by atoms with Crippen molar-refractivity contribution >= 4 is 22.2 Å². The van der Waals surface area contributed by atoms with E-state index in [0.29, 0.717) is 6.42 Å². The molecule has 2 rings (SSSR count). The molecule has 168 valence electrons. The Labute approximate surface area is 182 Å². The second-order valence-electron chi connectivity index (χ2n) is 7.28. The van der Waals surface area contributed by atoms with Crippen LogP contribution in [-0.2, 0) is 37.4 Å². The molecule has 8 nitrogen and oxygen atoms in total. The van der Waals surface area contributed by atoms with Crippen molar-refractivity contribution in [3.63, 3.8) is 0 Å². The van der Waals surface area contributed by atoms with E-state index in [2.05, 4.69) is 5.32 Å². The number of ether oxygens (including phenoxy) is 2. The van der Waals surface area contributed by atoms with Gasteiger partial charge in [0.05, 0.1) is 18.8 Å². The number of benzene rings is 2. The van der Waals surface area contributed by atoms with Crippen LogP contribution < -0.4 is 9.50 Å². The van der Waals surface area contributed by atoms with Gasteiger partial charge in [0.25, 0.3) is 0 Å². The first-order chi connectivity index (χ1) is 14.6. The van der Waals surface area contributed by atoms with Crippen LogP contribution in [0.1, 0.15) is 31.4 Å². The van der Waals surface area contributed by atoms with Crippen LogP contribution in [-0.4, -0.2) is 38.9 Å². The highest BCUT2D eigenvalue weighted by atomic mass is 32.2. The van der Waals surface area contributed by atoms with Crippen molar-refractivity contribution in [3.05, 3.63) is 65.7 Å². The van der Waals surface area contributed by atoms with Crippen LogP contribution in [0.15, 0.2) is 54.6 Å². The first kappa shape index (κ1) is 24.2. The summed E-state index contributed by atoms with van der Waals surface area (Å²) in [5.74, 6) is -0.266. The fourth-order valence-electron chi connectivity index (χ4n) is 2.76. The summed E-state index contributed by atoms with van der Waals surface area (Å²) in [5.41, 5.74) is 1.61. The molecular weight excluding hydrogens is 422 g/mol. The molecular formula is C22H27NO7S. The number of nitrogens with one attached hydrogen (secondary N) is 1. The molecule has 1 N–H and O–H groups in total. The lowest BCUT2D eigenvalue weighted by atomic mass is 10.0. The summed E-state index contributed by atoms with van der Waals surface area (Å²) in [5, 5.41) is 2.70. The highest BCUT2D eigenvalue weighted by molar-refractivity contribution is 7.86. The van der Waals surface area contributed by atoms with E-state index >= 15 is 0 Å². The Bertz CT molecular complexity index is 957. The molecule has 9 heteroatoms. The lowest BCUT2D eigenvalue weighted by Crippen LogP contribution is -2.39. The van der Waals surface area contributed by atoms with Crippen molar-refractivity contribution in [2.24, 2.45) is 0 Å². The van der Waals surface area contributed by atoms with E-state index in [4.69, 9.17) is 13.7 Å². The van der Waals surface area contributed by atoms with Gasteiger partial charge in [-0.2, -0.15) is 8.42 Å². The van der Waals surface area contributed by atoms with E-state index in [9.17, 15) is 18.0 Å². The standard InChI is InChI=1S/C22H27NO7S/c1-16(2)29-21(24)14-19(23-22(25)28-15-18-7-5-4-6-8-18)13-17-9-11-20(12-10-17)30-31(3,26)27/h4-12,16,19H,13-15H2,1-3H3,(H,23,25). The second kappa shape index (κ2) is 11.4. The molecule has 2 aromatic carbocycles. The normalized spacial score (nSPS) is 12.1. The Morgan fingerprint density at radius 2 is 1.61 bits per heavy atom. The number of esters is 1. The number of amides is 1. The van der Waals surface area contributed by atoms with E-state index in [0.717, 1.165) is 17.4 Å². The van der Waals surface area contributed by atoms with Crippen LogP contribution in [0.25, 0.3) is 0 Å². The van der Waals surface area contributed by atoms with Gasteiger partial charge in [0.2, 0.25) is 0 Å². The summed E-state index contributed by atoms with van der Waals surface area (Å²) in [6.45, 7) is 3.59. The number of rotatable bonds is 10. The van der Waals surface area contributed by atoms with Gasteiger partial charge in [0, 0.05) is 6.04 Å². The summed E-state index contributed by atoms with van der Waals surface area (Å²) >= 11 is 0. The highest BCUT2D eigenvalue weighted by Gasteiger charge is 2.20. The Kier molecular flexibility index (Phi) is 8.87. The first-order valence-corrected chi connectivity index (χ1v) is 11.6. The molecule has 0 aliphatic rings. The van der Waals surface area contributed by atoms with E-state index < -0.39 is 28.2 Å². The number of hydrogen-bond acceptors (Lipinski definition) is 7. The largest absolute Gasteiger partial charge is 0.463 e. The van der Waals surface area contributed by atoms with Crippen molar-refractivity contribution < 1.29 is 31.7 Å². The molecule has 2 aromatic rings. The van der Waals surface area contributed by atoms with Crippen molar-refractivity contribution in [3.8, 4) is 5.75 Å². The second-order valence-corrected chi connectivity index (χ2v) is 8.86. The van der Waals surface area contributed by atoms with Gasteiger partial charge in [-0.25, -0.2) is 4.79 Å². The maximum Gasteiger partial charge on any atom is 0.407 e. The fraction of sp³-hybridized carbons (Fsp3) is 0.364. The van der Waals surface area contributed by atoms with Gasteiger partial charge in [-0.05, 0) is 43.5 Å². The van der Waals surface area contributed by atoms with Gasteiger partial charge in [0.1, 0.15) is 12.4 Å². The molecule has 0 fully saturated rings. The van der Waals surface area contributed by atoms with Gasteiger partial charge in [-0.1, -0.05) is 42.5 Å². The average Bonchev–Trinajstić information content (AvgIpc) is 2.67. The maximum absolute atomic E-state index is 12.3. The SMILES string of the molecule is CC(C)OC(=O)CC(Cc1ccc(OS(C)(=O)=O)cc1)NC(=O)OCc1ccccc1. The third kappa shape index (κ3) is 9.99. The van der Waals surface area contributed by atoms with Gasteiger partial charge < -0.3 is 19.0 Å². The molecule has 31 heavy (non-hydrogen) atoms. The van der Waals surface area contributed by atoms with Crippen molar-refractivity contribution in [1.82, 2.24) is 5.32 Å². The van der Waals surface area contributed by atoms with Crippen LogP contribution in [0, 0.1) is 0 Å². The monoisotopic (exact) mass is 449 g/mol. The molecule has 0 spiro atoms. The van der Waals surface area contributed by atoms with E-state index in [1.54, 1.807) is 26.0 Å². The number of carbonyl (C=O) groups excluding carboxylic acids is 2. The number of alkyl carbamates (subject to hydrolysis) is 1. The van der Waals surface area contributed by atoms with E-state index in [1.165, 1.54) is 12.1 Å². The zero-order valence-electron chi connectivity index (χ0n) is 17.7. The topological polar surface area (TPSA) is 108 Å². The number of carbonyl (C=O) groups is 2. The minimum Gasteiger partial charge on any atom is -0.463 e. The maximum atomic E-state index is 12.3. The van der Waals surface area contributed by atoms with Crippen LogP contribution in [0.2, 0.25) is 0 Å². The van der Waals surface area contributed by atoms with Crippen molar-refractivity contribution in [2.45, 2.75) is 45.4 Å².